The second kappa shape index (κ2) is 7.32. The summed E-state index contributed by atoms with van der Waals surface area (Å²) < 4.78 is 2.51. The fourth-order valence-corrected chi connectivity index (χ4v) is 3.67. The number of nitrogens with two attached hydrogens (primary N) is 1. The average Bonchev–Trinajstić information content (AvgIpc) is 2.87. The summed E-state index contributed by atoms with van der Waals surface area (Å²) in [5, 5.41) is 1.41. The second-order valence-electron chi connectivity index (χ2n) is 7.26. The molecular formula is C22H29N3. The van der Waals surface area contributed by atoms with E-state index in [1.807, 2.05) is 13.0 Å². The van der Waals surface area contributed by atoms with E-state index in [4.69, 9.17) is 5.73 Å². The molecule has 0 atom stereocenters. The third-order valence-electron chi connectivity index (χ3n) is 5.02. The topological polar surface area (TPSA) is 34.2 Å². The monoisotopic (exact) mass is 335 g/mol. The number of hydrogen-bond acceptors (Lipinski definition) is 2. The van der Waals surface area contributed by atoms with Gasteiger partial charge in [0.15, 0.2) is 0 Å². The van der Waals surface area contributed by atoms with Gasteiger partial charge in [-0.2, -0.15) is 0 Å². The summed E-state index contributed by atoms with van der Waals surface area (Å²) in [6, 6.07) is 6.83. The van der Waals surface area contributed by atoms with E-state index in [0.717, 1.165) is 43.6 Å². The predicted molar refractivity (Wildman–Crippen MR) is 108 cm³/mol. The molecule has 3 heteroatoms. The normalized spacial score (nSPS) is 15.9. The summed E-state index contributed by atoms with van der Waals surface area (Å²) in [5.41, 5.74) is 13.7. The molecule has 0 amide bonds. The van der Waals surface area contributed by atoms with E-state index in [9.17, 15) is 0 Å². The van der Waals surface area contributed by atoms with Crippen LogP contribution in [0, 0.1) is 6.92 Å². The van der Waals surface area contributed by atoms with E-state index in [-0.39, 0.29) is 0 Å². The van der Waals surface area contributed by atoms with Crippen LogP contribution in [0.3, 0.4) is 0 Å². The van der Waals surface area contributed by atoms with Crippen molar-refractivity contribution in [1.82, 2.24) is 9.47 Å². The molecule has 0 aliphatic carbocycles. The van der Waals surface area contributed by atoms with Crippen molar-refractivity contribution in [1.29, 1.82) is 0 Å². The Balaban J connectivity index is 1.95. The van der Waals surface area contributed by atoms with Crippen molar-refractivity contribution >= 4 is 10.9 Å². The minimum Gasteiger partial charge on any atom is -0.404 e. The molecule has 0 saturated carbocycles. The number of likely N-dealkylation sites (N-methyl/N-ethyl adjacent to an activating group) is 1. The van der Waals surface area contributed by atoms with E-state index < -0.39 is 0 Å². The molecule has 3 rings (SSSR count). The van der Waals surface area contributed by atoms with Gasteiger partial charge in [0.05, 0.1) is 0 Å². The molecule has 2 aromatic rings. The molecule has 0 saturated heterocycles. The third kappa shape index (κ3) is 3.72. The SMILES string of the molecule is C=C(C)/C=C\C(=C/N)CCn1c2c(c3cc(C)ccc31)CN(C)CC2. The first-order valence-corrected chi connectivity index (χ1v) is 9.03. The van der Waals surface area contributed by atoms with Crippen LogP contribution in [0.4, 0.5) is 0 Å². The minimum atomic E-state index is 0.931. The van der Waals surface area contributed by atoms with Gasteiger partial charge in [0, 0.05) is 42.7 Å². The summed E-state index contributed by atoms with van der Waals surface area (Å²) >= 11 is 0. The third-order valence-corrected chi connectivity index (χ3v) is 5.02. The van der Waals surface area contributed by atoms with Crippen molar-refractivity contribution in [2.45, 2.75) is 39.8 Å². The van der Waals surface area contributed by atoms with Gasteiger partial charge < -0.3 is 15.2 Å². The Morgan fingerprint density at radius 3 is 2.84 bits per heavy atom. The van der Waals surface area contributed by atoms with Crippen LogP contribution in [-0.2, 0) is 19.5 Å². The zero-order chi connectivity index (χ0) is 18.0. The van der Waals surface area contributed by atoms with E-state index >= 15 is 0 Å². The molecule has 0 unspecified atom stereocenters. The van der Waals surface area contributed by atoms with Crippen molar-refractivity contribution in [3.8, 4) is 0 Å². The van der Waals surface area contributed by atoms with Gasteiger partial charge in [-0.3, -0.25) is 0 Å². The minimum absolute atomic E-state index is 0.931. The smallest absolute Gasteiger partial charge is 0.0486 e. The largest absolute Gasteiger partial charge is 0.404 e. The van der Waals surface area contributed by atoms with Gasteiger partial charge in [-0.15, -0.1) is 0 Å². The summed E-state index contributed by atoms with van der Waals surface area (Å²) in [7, 11) is 2.21. The predicted octanol–water partition coefficient (Wildman–Crippen LogP) is 4.30. The van der Waals surface area contributed by atoms with Gasteiger partial charge in [0.1, 0.15) is 0 Å². The molecule has 1 aromatic carbocycles. The molecule has 1 aliphatic heterocycles. The van der Waals surface area contributed by atoms with Gasteiger partial charge in [-0.05, 0) is 56.8 Å². The highest BCUT2D eigenvalue weighted by Gasteiger charge is 2.22. The lowest BCUT2D eigenvalue weighted by Gasteiger charge is -2.24. The zero-order valence-corrected chi connectivity index (χ0v) is 15.7. The molecule has 1 aromatic heterocycles. The summed E-state index contributed by atoms with van der Waals surface area (Å²) in [4.78, 5) is 2.41. The fraction of sp³-hybridized carbons (Fsp3) is 0.364. The lowest BCUT2D eigenvalue weighted by atomic mass is 10.0. The number of aryl methyl sites for hydroxylation is 2. The molecule has 0 bridgehead atoms. The standard InChI is InChI=1S/C22H29N3/c1-16(2)5-7-18(14-23)9-12-25-21-8-6-17(3)13-19(21)20-15-24(4)11-10-22(20)25/h5-8,13-14H,1,9-12,15,23H2,2-4H3/b7-5-,18-14+. The molecule has 25 heavy (non-hydrogen) atoms. The molecule has 2 heterocycles. The first-order chi connectivity index (χ1) is 12.0. The number of fused-ring (bicyclic) bond motifs is 3. The summed E-state index contributed by atoms with van der Waals surface area (Å²) in [6.45, 7) is 11.2. The molecule has 0 radical (unpaired) electrons. The van der Waals surface area contributed by atoms with Crippen molar-refractivity contribution in [2.75, 3.05) is 13.6 Å². The summed E-state index contributed by atoms with van der Waals surface area (Å²) in [6.07, 6.45) is 7.87. The molecule has 0 fully saturated rings. The van der Waals surface area contributed by atoms with Crippen molar-refractivity contribution in [3.63, 3.8) is 0 Å². The lowest BCUT2D eigenvalue weighted by Crippen LogP contribution is -2.27. The molecule has 0 spiro atoms. The number of nitrogens with zero attached hydrogens (tertiary/aromatic N) is 2. The molecule has 132 valence electrons. The highest BCUT2D eigenvalue weighted by Crippen LogP contribution is 2.31. The number of aromatic nitrogens is 1. The van der Waals surface area contributed by atoms with Gasteiger partial charge in [-0.25, -0.2) is 0 Å². The molecule has 1 aliphatic rings. The quantitative estimate of drug-likeness (QED) is 0.827. The van der Waals surface area contributed by atoms with Crippen LogP contribution < -0.4 is 5.73 Å². The van der Waals surface area contributed by atoms with E-state index in [1.54, 1.807) is 6.20 Å². The lowest BCUT2D eigenvalue weighted by molar-refractivity contribution is 0.309. The Kier molecular flexibility index (Phi) is 5.14. The first-order valence-electron chi connectivity index (χ1n) is 9.03. The fourth-order valence-electron chi connectivity index (χ4n) is 3.67. The number of rotatable bonds is 5. The average molecular weight is 335 g/mol. The number of allylic oxidation sites excluding steroid dienone is 4. The highest BCUT2D eigenvalue weighted by atomic mass is 15.1. The Labute approximate surface area is 151 Å². The second-order valence-corrected chi connectivity index (χ2v) is 7.26. The maximum Gasteiger partial charge on any atom is 0.0486 e. The summed E-state index contributed by atoms with van der Waals surface area (Å²) in [5.74, 6) is 0. The van der Waals surface area contributed by atoms with Crippen LogP contribution in [-0.4, -0.2) is 23.1 Å². The Morgan fingerprint density at radius 1 is 1.32 bits per heavy atom. The van der Waals surface area contributed by atoms with Gasteiger partial charge in [0.25, 0.3) is 0 Å². The van der Waals surface area contributed by atoms with Crippen LogP contribution in [0.2, 0.25) is 0 Å². The maximum atomic E-state index is 5.83. The van der Waals surface area contributed by atoms with Crippen LogP contribution in [0.1, 0.15) is 30.2 Å². The Bertz CT molecular complexity index is 852. The van der Waals surface area contributed by atoms with E-state index in [1.165, 1.54) is 27.7 Å². The number of hydrogen-bond donors (Lipinski definition) is 1. The Hall–Kier alpha value is -2.26. The molecule has 3 nitrogen and oxygen atoms in total. The molecular weight excluding hydrogens is 306 g/mol. The highest BCUT2D eigenvalue weighted by molar-refractivity contribution is 5.86. The van der Waals surface area contributed by atoms with Gasteiger partial charge >= 0.3 is 0 Å². The van der Waals surface area contributed by atoms with E-state index in [0.29, 0.717) is 0 Å². The zero-order valence-electron chi connectivity index (χ0n) is 15.7. The van der Waals surface area contributed by atoms with Crippen LogP contribution in [0.15, 0.2) is 54.3 Å². The van der Waals surface area contributed by atoms with Crippen LogP contribution in [0.5, 0.6) is 0 Å². The van der Waals surface area contributed by atoms with Crippen LogP contribution >= 0.6 is 0 Å². The van der Waals surface area contributed by atoms with Gasteiger partial charge in [-0.1, -0.05) is 35.9 Å². The molecule has 2 N–H and O–H groups in total. The van der Waals surface area contributed by atoms with Crippen molar-refractivity contribution < 1.29 is 0 Å². The van der Waals surface area contributed by atoms with E-state index in [2.05, 4.69) is 54.3 Å². The van der Waals surface area contributed by atoms with Gasteiger partial charge in [0.2, 0.25) is 0 Å². The first kappa shape index (κ1) is 17.6. The van der Waals surface area contributed by atoms with Crippen LogP contribution in [0.25, 0.3) is 10.9 Å². The number of benzene rings is 1. The van der Waals surface area contributed by atoms with Crippen molar-refractivity contribution in [3.05, 3.63) is 71.1 Å². The Morgan fingerprint density at radius 2 is 2.12 bits per heavy atom. The maximum absolute atomic E-state index is 5.83. The van der Waals surface area contributed by atoms with Crippen molar-refractivity contribution in [2.24, 2.45) is 5.73 Å².